The molecule has 5 heteroatoms. The zero-order valence-electron chi connectivity index (χ0n) is 10.8. The lowest BCUT2D eigenvalue weighted by Crippen LogP contribution is -2.31. The summed E-state index contributed by atoms with van der Waals surface area (Å²) in [6, 6.07) is 9.07. The second-order valence-corrected chi connectivity index (χ2v) is 4.29. The molecule has 0 fully saturated rings. The smallest absolute Gasteiger partial charge is 0.324 e. The van der Waals surface area contributed by atoms with Gasteiger partial charge in [0.2, 0.25) is 5.91 Å². The second-order valence-electron chi connectivity index (χ2n) is 4.29. The molecule has 0 bridgehead atoms. The number of para-hydroxylation sites is 1. The Labute approximate surface area is 111 Å². The van der Waals surface area contributed by atoms with Gasteiger partial charge in [-0.25, -0.2) is 0 Å². The van der Waals surface area contributed by atoms with Gasteiger partial charge in [-0.2, -0.15) is 5.26 Å². The molecule has 19 heavy (non-hydrogen) atoms. The van der Waals surface area contributed by atoms with Crippen molar-refractivity contribution in [3.05, 3.63) is 29.8 Å². The number of hydrogen-bond donors (Lipinski definition) is 0. The summed E-state index contributed by atoms with van der Waals surface area (Å²) in [4.78, 5) is 25.5. The highest BCUT2D eigenvalue weighted by atomic mass is 16.5. The van der Waals surface area contributed by atoms with Crippen LogP contribution in [0.2, 0.25) is 0 Å². The highest BCUT2D eigenvalue weighted by molar-refractivity contribution is 6.07. The van der Waals surface area contributed by atoms with Crippen LogP contribution in [0.5, 0.6) is 0 Å². The lowest BCUT2D eigenvalue weighted by Gasteiger charge is -2.15. The largest absolute Gasteiger partial charge is 0.465 e. The molecule has 1 aromatic rings. The van der Waals surface area contributed by atoms with Gasteiger partial charge in [-0.15, -0.1) is 0 Å². The summed E-state index contributed by atoms with van der Waals surface area (Å²) in [5.74, 6) is -2.77. The van der Waals surface area contributed by atoms with Gasteiger partial charge in [-0.1, -0.05) is 18.2 Å². The van der Waals surface area contributed by atoms with E-state index in [1.165, 1.54) is 4.90 Å². The van der Waals surface area contributed by atoms with Crippen LogP contribution < -0.4 is 4.90 Å². The van der Waals surface area contributed by atoms with E-state index < -0.39 is 17.8 Å². The summed E-state index contributed by atoms with van der Waals surface area (Å²) in [7, 11) is 1.64. The first-order valence-corrected chi connectivity index (χ1v) is 6.04. The number of nitriles is 1. The van der Waals surface area contributed by atoms with Crippen LogP contribution in [0.25, 0.3) is 0 Å². The van der Waals surface area contributed by atoms with Crippen molar-refractivity contribution in [2.45, 2.75) is 12.8 Å². The third-order valence-electron chi connectivity index (χ3n) is 3.24. The van der Waals surface area contributed by atoms with Gasteiger partial charge in [-0.05, 0) is 18.6 Å². The Kier molecular flexibility index (Phi) is 3.52. The number of amides is 1. The van der Waals surface area contributed by atoms with Crippen LogP contribution in [0.15, 0.2) is 24.3 Å². The van der Waals surface area contributed by atoms with Crippen molar-refractivity contribution in [3.63, 3.8) is 0 Å². The fourth-order valence-electron chi connectivity index (χ4n) is 2.33. The number of carbonyl (C=O) groups is 2. The van der Waals surface area contributed by atoms with Crippen molar-refractivity contribution >= 4 is 17.6 Å². The Morgan fingerprint density at radius 1 is 1.53 bits per heavy atom. The van der Waals surface area contributed by atoms with Gasteiger partial charge in [0.05, 0.1) is 18.6 Å². The monoisotopic (exact) mass is 258 g/mol. The standard InChI is InChI=1S/C14H14N2O3/c1-3-19-14(18)10(8-15)12-9-6-4-5-7-11(9)16(2)13(12)17/h4-7,10,12H,3H2,1-2H3. The number of likely N-dealkylation sites (N-methyl/N-ethyl adjacent to an activating group) is 1. The van der Waals surface area contributed by atoms with E-state index in [0.29, 0.717) is 5.56 Å². The van der Waals surface area contributed by atoms with Gasteiger partial charge >= 0.3 is 5.97 Å². The number of anilines is 1. The van der Waals surface area contributed by atoms with Crippen molar-refractivity contribution in [1.82, 2.24) is 0 Å². The second kappa shape index (κ2) is 5.11. The predicted octanol–water partition coefficient (Wildman–Crippen LogP) is 1.45. The third kappa shape index (κ3) is 2.06. The molecule has 0 saturated heterocycles. The maximum atomic E-state index is 12.2. The van der Waals surface area contributed by atoms with Crippen LogP contribution in [-0.2, 0) is 14.3 Å². The van der Waals surface area contributed by atoms with Crippen LogP contribution >= 0.6 is 0 Å². The van der Waals surface area contributed by atoms with Gasteiger partial charge in [0.15, 0.2) is 5.92 Å². The number of hydrogen-bond acceptors (Lipinski definition) is 4. The number of nitrogens with zero attached hydrogens (tertiary/aromatic N) is 2. The summed E-state index contributed by atoms with van der Waals surface area (Å²) in [5.41, 5.74) is 1.44. The quantitative estimate of drug-likeness (QED) is 0.769. The minimum absolute atomic E-state index is 0.190. The number of benzene rings is 1. The molecular formula is C14H14N2O3. The Balaban J connectivity index is 2.42. The Morgan fingerprint density at radius 2 is 2.21 bits per heavy atom. The lowest BCUT2D eigenvalue weighted by atomic mass is 9.88. The fraction of sp³-hybridized carbons (Fsp3) is 0.357. The molecule has 1 heterocycles. The van der Waals surface area contributed by atoms with E-state index in [4.69, 9.17) is 4.74 Å². The number of carbonyl (C=O) groups excluding carboxylic acids is 2. The van der Waals surface area contributed by atoms with Crippen molar-refractivity contribution in [2.24, 2.45) is 5.92 Å². The highest BCUT2D eigenvalue weighted by Crippen LogP contribution is 2.40. The van der Waals surface area contributed by atoms with Gasteiger partial charge in [0.1, 0.15) is 0 Å². The summed E-state index contributed by atoms with van der Waals surface area (Å²) in [6.45, 7) is 1.86. The molecule has 5 nitrogen and oxygen atoms in total. The molecule has 1 aliphatic heterocycles. The first-order chi connectivity index (χ1) is 9.11. The van der Waals surface area contributed by atoms with E-state index in [-0.39, 0.29) is 12.5 Å². The number of fused-ring (bicyclic) bond motifs is 1. The van der Waals surface area contributed by atoms with Crippen molar-refractivity contribution in [1.29, 1.82) is 5.26 Å². The first-order valence-electron chi connectivity index (χ1n) is 6.04. The molecule has 0 aliphatic carbocycles. The molecule has 0 spiro atoms. The van der Waals surface area contributed by atoms with Crippen molar-refractivity contribution in [2.75, 3.05) is 18.6 Å². The van der Waals surface area contributed by atoms with E-state index in [1.54, 1.807) is 32.2 Å². The van der Waals surface area contributed by atoms with E-state index >= 15 is 0 Å². The van der Waals surface area contributed by atoms with Gasteiger partial charge < -0.3 is 9.64 Å². The maximum Gasteiger partial charge on any atom is 0.324 e. The van der Waals surface area contributed by atoms with E-state index in [2.05, 4.69) is 0 Å². The normalized spacial score (nSPS) is 18.7. The van der Waals surface area contributed by atoms with Crippen LogP contribution in [0.4, 0.5) is 5.69 Å². The number of rotatable bonds is 3. The minimum atomic E-state index is -1.10. The van der Waals surface area contributed by atoms with E-state index in [1.807, 2.05) is 12.1 Å². The summed E-state index contributed by atoms with van der Waals surface area (Å²) >= 11 is 0. The SMILES string of the molecule is CCOC(=O)C(C#N)C1C(=O)N(C)c2ccccc21. The average Bonchev–Trinajstić information content (AvgIpc) is 2.66. The maximum absolute atomic E-state index is 12.2. The molecule has 2 unspecified atom stereocenters. The first kappa shape index (κ1) is 13.1. The molecule has 1 aliphatic rings. The average molecular weight is 258 g/mol. The lowest BCUT2D eigenvalue weighted by molar-refractivity contribution is -0.148. The minimum Gasteiger partial charge on any atom is -0.465 e. The molecule has 1 aromatic carbocycles. The summed E-state index contributed by atoms with van der Waals surface area (Å²) in [6.07, 6.45) is 0. The number of esters is 1. The number of ether oxygens (including phenoxy) is 1. The molecule has 0 saturated carbocycles. The summed E-state index contributed by atoms with van der Waals surface area (Å²) in [5, 5.41) is 9.19. The Bertz CT molecular complexity index is 562. The van der Waals surface area contributed by atoms with Crippen molar-refractivity contribution < 1.29 is 14.3 Å². The van der Waals surface area contributed by atoms with Crippen LogP contribution in [-0.4, -0.2) is 25.5 Å². The zero-order chi connectivity index (χ0) is 14.0. The highest BCUT2D eigenvalue weighted by Gasteiger charge is 2.44. The van der Waals surface area contributed by atoms with E-state index in [9.17, 15) is 14.9 Å². The molecule has 2 rings (SSSR count). The molecule has 2 atom stereocenters. The Morgan fingerprint density at radius 3 is 2.84 bits per heavy atom. The molecule has 0 aromatic heterocycles. The molecule has 1 amide bonds. The van der Waals surface area contributed by atoms with Gasteiger partial charge in [0, 0.05) is 12.7 Å². The molecule has 0 radical (unpaired) electrons. The predicted molar refractivity (Wildman–Crippen MR) is 68.3 cm³/mol. The fourth-order valence-corrected chi connectivity index (χ4v) is 2.33. The van der Waals surface area contributed by atoms with Crippen LogP contribution in [0.3, 0.4) is 0 Å². The molecule has 98 valence electrons. The van der Waals surface area contributed by atoms with Crippen molar-refractivity contribution in [3.8, 4) is 6.07 Å². The van der Waals surface area contributed by atoms with Crippen LogP contribution in [0, 0.1) is 17.2 Å². The van der Waals surface area contributed by atoms with Gasteiger partial charge in [0.25, 0.3) is 0 Å². The third-order valence-corrected chi connectivity index (χ3v) is 3.24. The topological polar surface area (TPSA) is 70.4 Å². The van der Waals surface area contributed by atoms with Crippen LogP contribution in [0.1, 0.15) is 18.4 Å². The molecule has 0 N–H and O–H groups in total. The Hall–Kier alpha value is -2.35. The summed E-state index contributed by atoms with van der Waals surface area (Å²) < 4.78 is 4.87. The molecular weight excluding hydrogens is 244 g/mol. The van der Waals surface area contributed by atoms with Gasteiger partial charge in [-0.3, -0.25) is 9.59 Å². The van der Waals surface area contributed by atoms with E-state index in [0.717, 1.165) is 5.69 Å². The zero-order valence-corrected chi connectivity index (χ0v) is 10.8.